The van der Waals surface area contributed by atoms with E-state index in [1.807, 2.05) is 0 Å². The predicted molar refractivity (Wildman–Crippen MR) is 77.2 cm³/mol. The third-order valence-electron chi connectivity index (χ3n) is 2.96. The fourth-order valence-corrected chi connectivity index (χ4v) is 1.91. The van der Waals surface area contributed by atoms with Gasteiger partial charge in [0.05, 0.1) is 0 Å². The molecule has 118 valence electrons. The zero-order valence-corrected chi connectivity index (χ0v) is 15.3. The van der Waals surface area contributed by atoms with Crippen LogP contribution < -0.4 is 37.7 Å². The van der Waals surface area contributed by atoms with Crippen molar-refractivity contribution in [2.45, 2.75) is 90.9 Å². The molecule has 0 radical (unpaired) electrons. The second kappa shape index (κ2) is 23.3. The molecular formula is C14H30Li2O4S. The summed E-state index contributed by atoms with van der Waals surface area (Å²) in [7, 11) is -5.17. The molecule has 0 aliphatic rings. The molecule has 0 aromatic carbocycles. The summed E-state index contributed by atoms with van der Waals surface area (Å²) in [4.78, 5) is 0. The van der Waals surface area contributed by atoms with Crippen LogP contribution in [0, 0.1) is 0 Å². The van der Waals surface area contributed by atoms with Gasteiger partial charge in [0, 0.05) is 10.4 Å². The third kappa shape index (κ3) is 52.6. The monoisotopic (exact) mass is 308 g/mol. The maximum absolute atomic E-state index is 8.52. The van der Waals surface area contributed by atoms with Crippen molar-refractivity contribution in [3.8, 4) is 0 Å². The van der Waals surface area contributed by atoms with Crippen LogP contribution in [-0.4, -0.2) is 17.5 Å². The first-order chi connectivity index (χ1) is 8.91. The zero-order valence-electron chi connectivity index (χ0n) is 14.5. The Balaban J connectivity index is -0.000000179. The van der Waals surface area contributed by atoms with E-state index < -0.39 is 10.4 Å². The Hall–Kier alpha value is 1.06. The van der Waals surface area contributed by atoms with Gasteiger partial charge in [-0.2, -0.15) is 0 Å². The van der Waals surface area contributed by atoms with Crippen molar-refractivity contribution in [3.05, 3.63) is 0 Å². The molecule has 21 heavy (non-hydrogen) atoms. The van der Waals surface area contributed by atoms with Crippen LogP contribution in [0.15, 0.2) is 0 Å². The van der Waals surface area contributed by atoms with Gasteiger partial charge in [-0.3, -0.25) is 8.42 Å². The van der Waals surface area contributed by atoms with Gasteiger partial charge in [0.2, 0.25) is 0 Å². The fourth-order valence-electron chi connectivity index (χ4n) is 1.91. The molecular weight excluding hydrogens is 278 g/mol. The van der Waals surface area contributed by atoms with Crippen LogP contribution >= 0.6 is 0 Å². The molecule has 0 aromatic heterocycles. The molecule has 0 fully saturated rings. The van der Waals surface area contributed by atoms with Crippen molar-refractivity contribution in [1.82, 2.24) is 0 Å². The van der Waals surface area contributed by atoms with Crippen molar-refractivity contribution >= 4 is 10.4 Å². The average molecular weight is 308 g/mol. The summed E-state index contributed by atoms with van der Waals surface area (Å²) in [5.41, 5.74) is 0. The molecule has 7 heteroatoms. The first-order valence-corrected chi connectivity index (χ1v) is 8.91. The smallest absolute Gasteiger partial charge is 0.759 e. The first kappa shape index (κ1) is 30.0. The summed E-state index contributed by atoms with van der Waals surface area (Å²) in [5, 5.41) is 0. The van der Waals surface area contributed by atoms with Crippen LogP contribution in [0.2, 0.25) is 0 Å². The van der Waals surface area contributed by atoms with Crippen LogP contribution in [0.1, 0.15) is 90.9 Å². The number of hydrogen-bond donors (Lipinski definition) is 0. The van der Waals surface area contributed by atoms with Crippen LogP contribution in [0.25, 0.3) is 0 Å². The second-order valence-corrected chi connectivity index (χ2v) is 5.76. The van der Waals surface area contributed by atoms with Gasteiger partial charge in [0.25, 0.3) is 0 Å². The van der Waals surface area contributed by atoms with Gasteiger partial charge in [-0.15, -0.1) is 0 Å². The summed E-state index contributed by atoms with van der Waals surface area (Å²) in [5.74, 6) is 0. The Morgan fingerprint density at radius 3 is 0.857 bits per heavy atom. The van der Waals surface area contributed by atoms with E-state index >= 15 is 0 Å². The van der Waals surface area contributed by atoms with Gasteiger partial charge in [0.1, 0.15) is 0 Å². The van der Waals surface area contributed by atoms with Crippen LogP contribution in [-0.2, 0) is 10.4 Å². The molecule has 0 N–H and O–H groups in total. The van der Waals surface area contributed by atoms with Crippen molar-refractivity contribution < 1.29 is 55.2 Å². The van der Waals surface area contributed by atoms with E-state index in [0.29, 0.717) is 0 Å². The van der Waals surface area contributed by atoms with E-state index in [1.165, 1.54) is 77.0 Å². The summed E-state index contributed by atoms with van der Waals surface area (Å²) < 4.78 is 34.1. The van der Waals surface area contributed by atoms with Crippen molar-refractivity contribution in [2.24, 2.45) is 0 Å². The topological polar surface area (TPSA) is 80.3 Å². The Labute approximate surface area is 156 Å². The second-order valence-electron chi connectivity index (χ2n) is 4.94. The van der Waals surface area contributed by atoms with E-state index in [1.54, 1.807) is 0 Å². The van der Waals surface area contributed by atoms with Gasteiger partial charge in [0.15, 0.2) is 0 Å². The quantitative estimate of drug-likeness (QED) is 0.199. The standard InChI is InChI=1S/C14H30.2Li.H2O4S/c1-3-5-7-9-11-13-14-12-10-8-6-4-2;;;1-5(2,3)4/h3-14H2,1-2H3;;;(H2,1,2,3,4)/q;2*+1;/p-2. The minimum Gasteiger partial charge on any atom is -0.759 e. The van der Waals surface area contributed by atoms with E-state index in [-0.39, 0.29) is 37.7 Å². The molecule has 0 amide bonds. The number of rotatable bonds is 11. The fraction of sp³-hybridized carbons (Fsp3) is 1.00. The van der Waals surface area contributed by atoms with E-state index in [2.05, 4.69) is 13.8 Å². The van der Waals surface area contributed by atoms with Crippen LogP contribution in [0.3, 0.4) is 0 Å². The van der Waals surface area contributed by atoms with Crippen molar-refractivity contribution in [2.75, 3.05) is 0 Å². The van der Waals surface area contributed by atoms with Crippen molar-refractivity contribution in [1.29, 1.82) is 0 Å². The third-order valence-corrected chi connectivity index (χ3v) is 2.96. The molecule has 0 aromatic rings. The summed E-state index contributed by atoms with van der Waals surface area (Å²) in [6.45, 7) is 4.57. The van der Waals surface area contributed by atoms with Gasteiger partial charge in [-0.1, -0.05) is 90.9 Å². The molecule has 0 bridgehead atoms. The van der Waals surface area contributed by atoms with Crippen molar-refractivity contribution in [3.63, 3.8) is 0 Å². The Morgan fingerprint density at radius 2 is 0.714 bits per heavy atom. The molecule has 0 rings (SSSR count). The summed E-state index contributed by atoms with van der Waals surface area (Å²) in [6, 6.07) is 0. The summed E-state index contributed by atoms with van der Waals surface area (Å²) in [6.07, 6.45) is 17.4. The van der Waals surface area contributed by atoms with Crippen LogP contribution in [0.5, 0.6) is 0 Å². The van der Waals surface area contributed by atoms with E-state index in [4.69, 9.17) is 17.5 Å². The normalized spacial score (nSPS) is 9.90. The molecule has 0 unspecified atom stereocenters. The molecule has 0 saturated carbocycles. The van der Waals surface area contributed by atoms with Gasteiger partial charge >= 0.3 is 37.7 Å². The maximum Gasteiger partial charge on any atom is 1.00 e. The minimum atomic E-state index is -5.17. The zero-order chi connectivity index (χ0) is 15.0. The minimum absolute atomic E-state index is 0. The Kier molecular flexibility index (Phi) is 33.3. The molecule has 0 saturated heterocycles. The Morgan fingerprint density at radius 1 is 0.571 bits per heavy atom. The maximum atomic E-state index is 8.52. The molecule has 0 atom stereocenters. The van der Waals surface area contributed by atoms with Crippen LogP contribution in [0.4, 0.5) is 0 Å². The van der Waals surface area contributed by atoms with Gasteiger partial charge in [-0.05, 0) is 0 Å². The predicted octanol–water partition coefficient (Wildman–Crippen LogP) is -1.62. The Bertz CT molecular complexity index is 240. The average Bonchev–Trinajstić information content (AvgIpc) is 2.29. The molecule has 0 aliphatic carbocycles. The molecule has 0 heterocycles. The number of unbranched alkanes of at least 4 members (excludes halogenated alkanes) is 11. The molecule has 0 aliphatic heterocycles. The molecule has 4 nitrogen and oxygen atoms in total. The van der Waals surface area contributed by atoms with E-state index in [9.17, 15) is 0 Å². The van der Waals surface area contributed by atoms with Gasteiger partial charge < -0.3 is 9.11 Å². The first-order valence-electron chi connectivity index (χ1n) is 7.58. The largest absolute Gasteiger partial charge is 1.00 e. The SMILES string of the molecule is CCCCCCCCCCCCCC.O=S(=O)([O-])[O-].[Li+].[Li+]. The molecule has 0 spiro atoms. The van der Waals surface area contributed by atoms with Gasteiger partial charge in [-0.25, -0.2) is 0 Å². The number of hydrogen-bond acceptors (Lipinski definition) is 4. The summed E-state index contributed by atoms with van der Waals surface area (Å²) >= 11 is 0. The van der Waals surface area contributed by atoms with E-state index in [0.717, 1.165) is 0 Å².